The number of carbonyl (C=O) groups excluding carboxylic acids is 1. The molecule has 0 aromatic carbocycles. The highest BCUT2D eigenvalue weighted by Gasteiger charge is 2.28. The molecule has 0 aliphatic rings. The van der Waals surface area contributed by atoms with E-state index in [-0.39, 0.29) is 19.1 Å². The normalized spacial score (nSPS) is 13.8. The monoisotopic (exact) mass is 1260 g/mol. The van der Waals surface area contributed by atoms with Crippen LogP contribution in [0, 0.1) is 0 Å². The molecule has 3 N–H and O–H groups in total. The number of rotatable bonds is 73. The van der Waals surface area contributed by atoms with E-state index in [4.69, 9.17) is 9.05 Å². The fourth-order valence-corrected chi connectivity index (χ4v) is 12.7. The average Bonchev–Trinajstić information content (AvgIpc) is 3.70. The topological polar surface area (TPSA) is 105 Å². The van der Waals surface area contributed by atoms with Crippen molar-refractivity contribution < 1.29 is 32.9 Å². The molecule has 0 aromatic rings. The molecule has 520 valence electrons. The van der Waals surface area contributed by atoms with Gasteiger partial charge < -0.3 is 19.8 Å². The number of carbonyl (C=O) groups is 1. The number of phosphoric ester groups is 1. The Morgan fingerprint density at radius 1 is 0.386 bits per heavy atom. The van der Waals surface area contributed by atoms with Crippen LogP contribution < -0.4 is 5.32 Å². The summed E-state index contributed by atoms with van der Waals surface area (Å²) in [5.74, 6) is -0.178. The fourth-order valence-electron chi connectivity index (χ4n) is 12.0. The molecule has 0 heterocycles. The molecule has 0 radical (unpaired) electrons. The molecule has 8 nitrogen and oxygen atoms in total. The van der Waals surface area contributed by atoms with Crippen molar-refractivity contribution in [3.63, 3.8) is 0 Å². The molecule has 0 fully saturated rings. The van der Waals surface area contributed by atoms with E-state index in [2.05, 4.69) is 55.6 Å². The molecule has 1 amide bonds. The quantitative estimate of drug-likeness (QED) is 0.0243. The van der Waals surface area contributed by atoms with Gasteiger partial charge in [-0.05, 0) is 64.2 Å². The fraction of sp³-hybridized carbons (Fsp3) is 0.886. The van der Waals surface area contributed by atoms with Gasteiger partial charge in [-0.1, -0.05) is 377 Å². The molecule has 3 atom stereocenters. The van der Waals surface area contributed by atoms with Crippen LogP contribution in [0.15, 0.2) is 48.6 Å². The van der Waals surface area contributed by atoms with Crippen LogP contribution in [0.25, 0.3) is 0 Å². The molecule has 0 aliphatic carbocycles. The summed E-state index contributed by atoms with van der Waals surface area (Å²) in [6.45, 7) is 4.85. The van der Waals surface area contributed by atoms with E-state index < -0.39 is 20.0 Å². The molecule has 0 rings (SSSR count). The van der Waals surface area contributed by atoms with Crippen molar-refractivity contribution >= 4 is 13.7 Å². The Hall–Kier alpha value is -1.54. The number of aliphatic hydroxyl groups is 1. The number of nitrogens with zero attached hydrogens (tertiary/aromatic N) is 1. The number of unbranched alkanes of at least 4 members (excludes halogenated alkanes) is 54. The standard InChI is InChI=1S/C79H153N2O6P/c1-6-8-10-12-14-16-18-20-22-24-26-28-30-32-34-36-37-38-39-40-41-42-43-45-47-49-51-53-55-57-59-61-63-65-67-69-71-73-79(83)80-77(76-87-88(84,85)86-75-74-81(3,4)5)78(82)72-70-68-66-64-62-60-58-56-54-52-50-48-46-44-35-33-31-29-27-25-23-21-19-17-15-13-11-9-7-2/h18,20,24,26,62,64,70,72,77-78,82H,6-17,19,21-23,25,27-61,63,65-69,71,73-76H2,1-5H3,(H-,80,83,84,85)/p+1/b20-18-,26-24-,64-62+,72-70+. The van der Waals surface area contributed by atoms with Crippen molar-refractivity contribution in [1.82, 2.24) is 5.32 Å². The number of phosphoric acid groups is 1. The third-order valence-electron chi connectivity index (χ3n) is 18.0. The van der Waals surface area contributed by atoms with E-state index in [9.17, 15) is 19.4 Å². The Morgan fingerprint density at radius 2 is 0.659 bits per heavy atom. The number of hydrogen-bond donors (Lipinski definition) is 3. The van der Waals surface area contributed by atoms with E-state index in [1.54, 1.807) is 6.08 Å². The summed E-state index contributed by atoms with van der Waals surface area (Å²) in [5, 5.41) is 14.0. The van der Waals surface area contributed by atoms with Crippen LogP contribution in [0.3, 0.4) is 0 Å². The number of aliphatic hydroxyl groups excluding tert-OH is 1. The van der Waals surface area contributed by atoms with Crippen LogP contribution in [0.1, 0.15) is 399 Å². The first-order valence-electron chi connectivity index (χ1n) is 39.0. The number of quaternary nitrogens is 1. The molecule has 9 heteroatoms. The lowest BCUT2D eigenvalue weighted by Gasteiger charge is -2.25. The van der Waals surface area contributed by atoms with Gasteiger partial charge in [0.05, 0.1) is 39.9 Å². The van der Waals surface area contributed by atoms with Gasteiger partial charge in [-0.2, -0.15) is 0 Å². The zero-order valence-electron chi connectivity index (χ0n) is 59.7. The number of nitrogens with one attached hydrogen (secondary N) is 1. The van der Waals surface area contributed by atoms with E-state index >= 15 is 0 Å². The lowest BCUT2D eigenvalue weighted by molar-refractivity contribution is -0.870. The summed E-state index contributed by atoms with van der Waals surface area (Å²) in [6.07, 6.45) is 95.9. The van der Waals surface area contributed by atoms with Gasteiger partial charge in [-0.3, -0.25) is 13.8 Å². The number of amides is 1. The Bertz CT molecular complexity index is 1580. The molecule has 0 aliphatic heterocycles. The zero-order chi connectivity index (χ0) is 64.1. The van der Waals surface area contributed by atoms with Gasteiger partial charge in [0.1, 0.15) is 13.2 Å². The van der Waals surface area contributed by atoms with Crippen molar-refractivity contribution in [2.75, 3.05) is 40.9 Å². The van der Waals surface area contributed by atoms with Gasteiger partial charge in [0.15, 0.2) is 0 Å². The summed E-state index contributed by atoms with van der Waals surface area (Å²) in [6, 6.07) is -0.864. The van der Waals surface area contributed by atoms with Crippen molar-refractivity contribution in [1.29, 1.82) is 0 Å². The number of allylic oxidation sites excluding steroid dienone is 7. The molecule has 0 saturated heterocycles. The zero-order valence-corrected chi connectivity index (χ0v) is 60.6. The molecule has 3 unspecified atom stereocenters. The molecule has 0 spiro atoms. The highest BCUT2D eigenvalue weighted by Crippen LogP contribution is 2.43. The SMILES string of the molecule is CCCCCCC/C=C\C/C=C\CCCCCCCCCCCCCCCCCCCCCCCCCCCC(=O)NC(COP(=O)(O)OCC[N+](C)(C)C)C(O)/C=C/CC/C=C/CCCCCCCCCCCCCCCCCCCCCCCCC. The van der Waals surface area contributed by atoms with Gasteiger partial charge in [0, 0.05) is 6.42 Å². The van der Waals surface area contributed by atoms with Crippen molar-refractivity contribution in [2.45, 2.75) is 411 Å². The highest BCUT2D eigenvalue weighted by atomic mass is 31.2. The second-order valence-corrected chi connectivity index (χ2v) is 29.5. The van der Waals surface area contributed by atoms with Gasteiger partial charge in [0.2, 0.25) is 5.91 Å². The highest BCUT2D eigenvalue weighted by molar-refractivity contribution is 7.47. The van der Waals surface area contributed by atoms with Crippen LogP contribution in [0.4, 0.5) is 0 Å². The van der Waals surface area contributed by atoms with E-state index in [1.165, 1.54) is 334 Å². The molecular formula is C79H154N2O6P+. The number of hydrogen-bond acceptors (Lipinski definition) is 5. The maximum absolute atomic E-state index is 13.1. The van der Waals surface area contributed by atoms with Gasteiger partial charge in [-0.25, -0.2) is 4.57 Å². The minimum atomic E-state index is -4.36. The van der Waals surface area contributed by atoms with Gasteiger partial charge in [0.25, 0.3) is 0 Å². The first-order valence-corrected chi connectivity index (χ1v) is 40.5. The van der Waals surface area contributed by atoms with Crippen LogP contribution in [0.2, 0.25) is 0 Å². The molecule has 0 saturated carbocycles. The summed E-state index contributed by atoms with van der Waals surface area (Å²) in [4.78, 5) is 23.5. The summed E-state index contributed by atoms with van der Waals surface area (Å²) in [7, 11) is 1.57. The third-order valence-corrected chi connectivity index (χ3v) is 19.0. The molecular weight excluding hydrogens is 1100 g/mol. The lowest BCUT2D eigenvalue weighted by atomic mass is 10.0. The van der Waals surface area contributed by atoms with Crippen LogP contribution in [-0.2, 0) is 18.4 Å². The van der Waals surface area contributed by atoms with E-state index in [0.29, 0.717) is 17.4 Å². The lowest BCUT2D eigenvalue weighted by Crippen LogP contribution is -2.45. The average molecular weight is 1260 g/mol. The summed E-state index contributed by atoms with van der Waals surface area (Å²) in [5.41, 5.74) is 0. The van der Waals surface area contributed by atoms with Crippen molar-refractivity contribution in [2.24, 2.45) is 0 Å². The van der Waals surface area contributed by atoms with Crippen LogP contribution in [0.5, 0.6) is 0 Å². The minimum absolute atomic E-state index is 0.0578. The van der Waals surface area contributed by atoms with Crippen molar-refractivity contribution in [3.05, 3.63) is 48.6 Å². The minimum Gasteiger partial charge on any atom is -0.387 e. The van der Waals surface area contributed by atoms with Gasteiger partial charge in [-0.15, -0.1) is 0 Å². The van der Waals surface area contributed by atoms with Crippen LogP contribution >= 0.6 is 7.82 Å². The summed E-state index contributed by atoms with van der Waals surface area (Å²) < 4.78 is 23.9. The maximum atomic E-state index is 13.1. The Kier molecular flexibility index (Phi) is 68.6. The van der Waals surface area contributed by atoms with Crippen molar-refractivity contribution in [3.8, 4) is 0 Å². The smallest absolute Gasteiger partial charge is 0.387 e. The first-order chi connectivity index (χ1) is 43.0. The summed E-state index contributed by atoms with van der Waals surface area (Å²) >= 11 is 0. The third kappa shape index (κ3) is 71.9. The van der Waals surface area contributed by atoms with Gasteiger partial charge >= 0.3 is 7.82 Å². The Balaban J connectivity index is 3.98. The predicted octanol–water partition coefficient (Wildman–Crippen LogP) is 25.3. The second kappa shape index (κ2) is 69.8. The molecule has 0 aromatic heterocycles. The second-order valence-electron chi connectivity index (χ2n) is 28.1. The number of likely N-dealkylation sites (N-methyl/N-ethyl adjacent to an activating group) is 1. The van der Waals surface area contributed by atoms with E-state index in [1.807, 2.05) is 27.2 Å². The predicted molar refractivity (Wildman–Crippen MR) is 387 cm³/mol. The van der Waals surface area contributed by atoms with Crippen LogP contribution in [-0.4, -0.2) is 73.4 Å². The molecule has 0 bridgehead atoms. The molecule has 88 heavy (non-hydrogen) atoms. The largest absolute Gasteiger partial charge is 0.472 e. The maximum Gasteiger partial charge on any atom is 0.472 e. The Labute approximate surface area is 549 Å². The Morgan fingerprint density at radius 3 is 0.977 bits per heavy atom. The first kappa shape index (κ1) is 86.5. The van der Waals surface area contributed by atoms with E-state index in [0.717, 1.165) is 44.9 Å².